The Kier molecular flexibility index (Phi) is 5.22. The Morgan fingerprint density at radius 3 is 2.75 bits per heavy atom. The number of nitrogens with one attached hydrogen (secondary N) is 1. The van der Waals surface area contributed by atoms with Crippen LogP contribution < -0.4 is 10.1 Å². The minimum absolute atomic E-state index is 0.0359. The van der Waals surface area contributed by atoms with Crippen LogP contribution in [0, 0.1) is 17.2 Å². The number of aromatic nitrogens is 5. The second-order valence-electron chi connectivity index (χ2n) is 9.59. The van der Waals surface area contributed by atoms with E-state index >= 15 is 0 Å². The summed E-state index contributed by atoms with van der Waals surface area (Å²) in [6.45, 7) is 4.31. The molecule has 36 heavy (non-hydrogen) atoms. The van der Waals surface area contributed by atoms with Crippen LogP contribution in [0.3, 0.4) is 0 Å². The van der Waals surface area contributed by atoms with Gasteiger partial charge in [0.15, 0.2) is 11.6 Å². The number of fused-ring (bicyclic) bond motifs is 2. The summed E-state index contributed by atoms with van der Waals surface area (Å²) in [6.07, 6.45) is 4.26. The van der Waals surface area contributed by atoms with E-state index in [1.165, 1.54) is 18.5 Å². The number of nitrogens with zero attached hydrogens (tertiary/aromatic N) is 6. The van der Waals surface area contributed by atoms with Crippen LogP contribution in [0.1, 0.15) is 13.3 Å². The van der Waals surface area contributed by atoms with E-state index in [0.717, 1.165) is 30.6 Å². The van der Waals surface area contributed by atoms with E-state index in [2.05, 4.69) is 20.2 Å². The number of hydrogen-bond donors (Lipinski definition) is 1. The van der Waals surface area contributed by atoms with Crippen molar-refractivity contribution < 1.29 is 13.9 Å². The number of carbonyl (C=O) groups excluding carboxylic acids is 1. The summed E-state index contributed by atoms with van der Waals surface area (Å²) in [5, 5.41) is 7.72. The Hall–Kier alpha value is -3.92. The third-order valence-electron chi connectivity index (χ3n) is 7.25. The molecule has 1 amide bonds. The van der Waals surface area contributed by atoms with Gasteiger partial charge < -0.3 is 15.0 Å². The maximum atomic E-state index is 13.6. The molecule has 2 atom stereocenters. The number of piperidine rings is 1. The van der Waals surface area contributed by atoms with Crippen LogP contribution in [0.2, 0.25) is 0 Å². The number of benzene rings is 1. The molecule has 9 nitrogen and oxygen atoms in total. The average molecular weight is 488 g/mol. The van der Waals surface area contributed by atoms with E-state index in [-0.39, 0.29) is 17.1 Å². The van der Waals surface area contributed by atoms with E-state index in [0.29, 0.717) is 46.5 Å². The van der Waals surface area contributed by atoms with Crippen LogP contribution in [-0.4, -0.2) is 62.8 Å². The van der Waals surface area contributed by atoms with Gasteiger partial charge >= 0.3 is 0 Å². The Morgan fingerprint density at radius 1 is 1.25 bits per heavy atom. The predicted octanol–water partition coefficient (Wildman–Crippen LogP) is 3.61. The quantitative estimate of drug-likeness (QED) is 0.444. The Labute approximate surface area is 207 Å². The largest absolute Gasteiger partial charge is 0.493 e. The minimum atomic E-state index is -0.357. The number of ether oxygens (including phenoxy) is 1. The van der Waals surface area contributed by atoms with Crippen LogP contribution in [0.5, 0.6) is 5.75 Å². The highest BCUT2D eigenvalue weighted by molar-refractivity contribution is 6.01. The van der Waals surface area contributed by atoms with E-state index in [1.807, 2.05) is 20.2 Å². The Balaban J connectivity index is 1.45. The van der Waals surface area contributed by atoms with Crippen LogP contribution in [-0.2, 0) is 11.3 Å². The fourth-order valence-corrected chi connectivity index (χ4v) is 5.31. The number of anilines is 1. The molecule has 10 heteroatoms. The van der Waals surface area contributed by atoms with Crippen molar-refractivity contribution in [3.05, 3.63) is 48.7 Å². The lowest BCUT2D eigenvalue weighted by atomic mass is 10.0. The minimum Gasteiger partial charge on any atom is -0.493 e. The van der Waals surface area contributed by atoms with Gasteiger partial charge in [-0.2, -0.15) is 5.10 Å². The third-order valence-corrected chi connectivity index (χ3v) is 7.25. The number of pyridine rings is 1. The molecule has 0 spiro atoms. The monoisotopic (exact) mass is 487 g/mol. The molecule has 3 aromatic heterocycles. The molecule has 1 N–H and O–H groups in total. The molecule has 1 aromatic carbocycles. The van der Waals surface area contributed by atoms with Gasteiger partial charge in [-0.1, -0.05) is 0 Å². The van der Waals surface area contributed by atoms with Gasteiger partial charge in [-0.25, -0.2) is 19.3 Å². The SMILES string of the molecule is CCn1cc(-c2ncnc3cc(OC)c(NC(=O)C45CC4CN(C)C5)nc23)c(-c2ccc(F)cc2)n1. The number of aryl methyl sites for hydroxylation is 1. The summed E-state index contributed by atoms with van der Waals surface area (Å²) in [7, 11) is 3.58. The van der Waals surface area contributed by atoms with Gasteiger partial charge in [-0.3, -0.25) is 9.48 Å². The predicted molar refractivity (Wildman–Crippen MR) is 133 cm³/mol. The highest BCUT2D eigenvalue weighted by atomic mass is 19.1. The fraction of sp³-hybridized carbons (Fsp3) is 0.346. The Bertz CT molecular complexity index is 1490. The summed E-state index contributed by atoms with van der Waals surface area (Å²) < 4.78 is 20.9. The summed E-state index contributed by atoms with van der Waals surface area (Å²) in [5.41, 5.74) is 3.47. The lowest BCUT2D eigenvalue weighted by Gasteiger charge is -2.17. The number of likely N-dealkylation sites (tertiary alicyclic amines) is 1. The van der Waals surface area contributed by atoms with Crippen molar-refractivity contribution in [2.45, 2.75) is 19.9 Å². The number of hydrogen-bond acceptors (Lipinski definition) is 7. The summed E-state index contributed by atoms with van der Waals surface area (Å²) >= 11 is 0. The van der Waals surface area contributed by atoms with E-state index in [1.54, 1.807) is 30.0 Å². The topological polar surface area (TPSA) is 98.1 Å². The van der Waals surface area contributed by atoms with Gasteiger partial charge in [0.25, 0.3) is 0 Å². The zero-order valence-corrected chi connectivity index (χ0v) is 20.3. The molecule has 2 aliphatic rings. The van der Waals surface area contributed by atoms with Gasteiger partial charge in [-0.05, 0) is 50.6 Å². The van der Waals surface area contributed by atoms with Gasteiger partial charge in [-0.15, -0.1) is 0 Å². The van der Waals surface area contributed by atoms with Gasteiger partial charge in [0.2, 0.25) is 5.91 Å². The van der Waals surface area contributed by atoms with E-state index < -0.39 is 0 Å². The first-order chi connectivity index (χ1) is 17.4. The molecule has 1 saturated carbocycles. The second-order valence-corrected chi connectivity index (χ2v) is 9.59. The van der Waals surface area contributed by atoms with E-state index in [4.69, 9.17) is 14.8 Å². The highest BCUT2D eigenvalue weighted by Crippen LogP contribution is 2.58. The molecule has 2 fully saturated rings. The summed E-state index contributed by atoms with van der Waals surface area (Å²) in [6, 6.07) is 7.95. The molecule has 0 bridgehead atoms. The molecule has 4 heterocycles. The molecule has 2 unspecified atom stereocenters. The van der Waals surface area contributed by atoms with Crippen LogP contribution >= 0.6 is 0 Å². The van der Waals surface area contributed by atoms with Crippen molar-refractivity contribution in [2.24, 2.45) is 11.3 Å². The molecule has 1 saturated heterocycles. The standard InChI is InChI=1S/C26H26FN7O2/c1-4-34-12-18(21(32-34)15-5-7-17(27)8-6-15)22-23-19(28-14-29-22)9-20(36-3)24(30-23)31-25(35)26-10-16(26)11-33(2)13-26/h5-9,12,14,16H,4,10-11,13H2,1-3H3,(H,30,31,35). The molecule has 4 aromatic rings. The lowest BCUT2D eigenvalue weighted by molar-refractivity contribution is -0.121. The molecular formula is C26H26FN7O2. The van der Waals surface area contributed by atoms with Crippen molar-refractivity contribution >= 4 is 22.8 Å². The number of halogens is 1. The number of amides is 1. The molecule has 1 aliphatic heterocycles. The molecule has 6 rings (SSSR count). The molecule has 0 radical (unpaired) electrons. The second kappa shape index (κ2) is 8.34. The number of methoxy groups -OCH3 is 1. The van der Waals surface area contributed by atoms with Crippen molar-refractivity contribution in [3.8, 4) is 28.3 Å². The van der Waals surface area contributed by atoms with Gasteiger partial charge in [0, 0.05) is 43.0 Å². The first-order valence-electron chi connectivity index (χ1n) is 12.0. The van der Waals surface area contributed by atoms with Crippen molar-refractivity contribution in [1.29, 1.82) is 0 Å². The smallest absolute Gasteiger partial charge is 0.233 e. The zero-order valence-electron chi connectivity index (χ0n) is 20.3. The van der Waals surface area contributed by atoms with Crippen LogP contribution in [0.4, 0.5) is 10.2 Å². The van der Waals surface area contributed by atoms with Crippen LogP contribution in [0.15, 0.2) is 42.9 Å². The van der Waals surface area contributed by atoms with Crippen molar-refractivity contribution in [3.63, 3.8) is 0 Å². The average Bonchev–Trinajstić information content (AvgIpc) is 3.22. The van der Waals surface area contributed by atoms with Gasteiger partial charge in [0.1, 0.15) is 29.0 Å². The first-order valence-corrected chi connectivity index (χ1v) is 12.0. The fourth-order valence-electron chi connectivity index (χ4n) is 5.31. The summed E-state index contributed by atoms with van der Waals surface area (Å²) in [4.78, 5) is 29.2. The van der Waals surface area contributed by atoms with E-state index in [9.17, 15) is 9.18 Å². The first kappa shape index (κ1) is 22.5. The highest BCUT2D eigenvalue weighted by Gasteiger charge is 2.64. The van der Waals surface area contributed by atoms with Crippen molar-refractivity contribution in [1.82, 2.24) is 29.6 Å². The van der Waals surface area contributed by atoms with Gasteiger partial charge in [0.05, 0.1) is 18.0 Å². The maximum Gasteiger partial charge on any atom is 0.233 e. The molecule has 1 aliphatic carbocycles. The molecular weight excluding hydrogens is 461 g/mol. The zero-order chi connectivity index (χ0) is 25.0. The third kappa shape index (κ3) is 3.60. The molecule has 184 valence electrons. The number of carbonyl (C=O) groups is 1. The van der Waals surface area contributed by atoms with Crippen LogP contribution in [0.25, 0.3) is 33.5 Å². The normalized spacial score (nSPS) is 20.9. The Morgan fingerprint density at radius 2 is 2.06 bits per heavy atom. The maximum absolute atomic E-state index is 13.6. The lowest BCUT2D eigenvalue weighted by Crippen LogP contribution is -2.31. The van der Waals surface area contributed by atoms with Crippen molar-refractivity contribution in [2.75, 3.05) is 32.6 Å². The summed E-state index contributed by atoms with van der Waals surface area (Å²) in [5.74, 6) is 0.801. The number of rotatable bonds is 6.